The summed E-state index contributed by atoms with van der Waals surface area (Å²) in [5.74, 6) is 7.74. The second-order valence-corrected chi connectivity index (χ2v) is 5.52. The van der Waals surface area contributed by atoms with E-state index in [4.69, 9.17) is 26.3 Å². The monoisotopic (exact) mass is 563 g/mol. The van der Waals surface area contributed by atoms with Gasteiger partial charge in [-0.2, -0.15) is 0 Å². The predicted octanol–water partition coefficient (Wildman–Crippen LogP) is 1.47. The second kappa shape index (κ2) is 48.3. The van der Waals surface area contributed by atoms with Crippen LogP contribution in [0.15, 0.2) is 0 Å². The summed E-state index contributed by atoms with van der Waals surface area (Å²) in [6.07, 6.45) is 1.99. The number of nitrogens with one attached hydrogen (secondary N) is 3. The molecule has 10 N–H and O–H groups in total. The molecule has 0 saturated heterocycles. The third-order valence-corrected chi connectivity index (χ3v) is 3.00. The van der Waals surface area contributed by atoms with E-state index in [0.717, 1.165) is 7.11 Å². The summed E-state index contributed by atoms with van der Waals surface area (Å²) in [5.41, 5.74) is 5.42. The van der Waals surface area contributed by atoms with Crippen LogP contribution in [0, 0.1) is 0 Å². The normalized spacial score (nSPS) is 9.69. The van der Waals surface area contributed by atoms with Gasteiger partial charge in [0.05, 0.1) is 18.6 Å². The summed E-state index contributed by atoms with van der Waals surface area (Å²) in [7, 11) is 1.00. The molecule has 0 spiro atoms. The van der Waals surface area contributed by atoms with Crippen LogP contribution < -0.4 is 22.2 Å². The van der Waals surface area contributed by atoms with Crippen LogP contribution in [0.2, 0.25) is 0 Å². The number of nitrogens with two attached hydrogens (primary N) is 2. The molecule has 0 aliphatic rings. The molecule has 1 radical (unpaired) electrons. The number of carbonyl (C=O) groups is 3. The third-order valence-electron chi connectivity index (χ3n) is 2.49. The van der Waals surface area contributed by atoms with Crippen molar-refractivity contribution in [1.82, 2.24) is 10.6 Å². The Labute approximate surface area is 224 Å². The molecule has 11 nitrogen and oxygen atoms in total. The van der Waals surface area contributed by atoms with Crippen LogP contribution in [0.3, 0.4) is 0 Å². The fraction of sp³-hybridized carbons (Fsp3) is 0.842. The molecule has 0 aromatic rings. The van der Waals surface area contributed by atoms with Gasteiger partial charge in [0.1, 0.15) is 0 Å². The van der Waals surface area contributed by atoms with Gasteiger partial charge in [0.15, 0.2) is 5.78 Å². The minimum atomic E-state index is -0.907. The molecule has 2 atom stereocenters. The first kappa shape index (κ1) is 49.1. The minimum Gasteiger partial charge on any atom is -0.615 e. The molecule has 0 aliphatic heterocycles. The number of ketones is 1. The molecule has 0 aromatic carbocycles. The van der Waals surface area contributed by atoms with Gasteiger partial charge in [-0.3, -0.25) is 14.4 Å². The molecule has 2 amide bonds. The van der Waals surface area contributed by atoms with Crippen molar-refractivity contribution in [2.75, 3.05) is 26.0 Å². The first-order chi connectivity index (χ1) is 14.8. The number of carbonyl (C=O) groups excluding carboxylic acids is 3. The molecule has 0 fully saturated rings. The van der Waals surface area contributed by atoms with Gasteiger partial charge in [0.2, 0.25) is 11.8 Å². The summed E-state index contributed by atoms with van der Waals surface area (Å²) in [6.45, 7) is 13.2. The van der Waals surface area contributed by atoms with Crippen molar-refractivity contribution >= 4 is 29.6 Å². The standard InChI is InChI=1S/C11H21N3O5S.C3H8.2C2H6.CH4O.H3N2.Y/c1-7(16)9(3-2-4-15)14-10(17)5-13-11(18)8(12)6-20-19;1-3-2;4*1-2;/h8-9,15,19H,2-6,12H2,1H3,(H,13,18)(H,14,17);3H2,1-2H3;2*1-2H3;2H,1H3;1H,2H2;/q;;;;;-1;. The van der Waals surface area contributed by atoms with Crippen molar-refractivity contribution in [2.45, 2.75) is 79.8 Å². The Morgan fingerprint density at radius 1 is 1.06 bits per heavy atom. The largest absolute Gasteiger partial charge is 0.615 e. The number of hydrogen-bond donors (Lipinski definition) is 7. The maximum absolute atomic E-state index is 11.6. The number of Topliss-reactive ketones (excluding diaryl/α,β-unsaturated/α-hetero) is 1. The number of aliphatic hydroxyl groups is 2. The predicted molar refractivity (Wildman–Crippen MR) is 130 cm³/mol. The minimum absolute atomic E-state index is 0. The van der Waals surface area contributed by atoms with E-state index in [2.05, 4.69) is 30.3 Å². The first-order valence-corrected chi connectivity index (χ1v) is 11.2. The van der Waals surface area contributed by atoms with Crippen molar-refractivity contribution in [1.29, 1.82) is 0 Å². The number of rotatable bonds is 10. The Morgan fingerprint density at radius 3 is 1.78 bits per heavy atom. The SMILES string of the molecule is CC.CC.CC(=O)C(CCCO)NC(=O)CNC(=O)C(N)CSO.CCC.CO.[NH-]N.[Y]. The Kier molecular flexibility index (Phi) is 74.1. The molecule has 0 aliphatic carbocycles. The molecule has 0 saturated carbocycles. The van der Waals surface area contributed by atoms with Gasteiger partial charge in [0.25, 0.3) is 0 Å². The molecule has 13 heteroatoms. The van der Waals surface area contributed by atoms with Crippen LogP contribution in [0.5, 0.6) is 0 Å². The zero-order valence-electron chi connectivity index (χ0n) is 21.1. The molecule has 195 valence electrons. The van der Waals surface area contributed by atoms with Crippen LogP contribution in [0.1, 0.15) is 67.7 Å². The quantitative estimate of drug-likeness (QED) is 0.116. The zero-order valence-corrected chi connectivity index (χ0v) is 24.8. The Morgan fingerprint density at radius 2 is 1.47 bits per heavy atom. The number of hydrogen-bond acceptors (Lipinski definition) is 9. The van der Waals surface area contributed by atoms with E-state index in [1.807, 2.05) is 27.7 Å². The average molecular weight is 564 g/mol. The van der Waals surface area contributed by atoms with E-state index in [0.29, 0.717) is 24.9 Å². The molecule has 0 aromatic heterocycles. The zero-order chi connectivity index (χ0) is 26.3. The van der Waals surface area contributed by atoms with Crippen LogP contribution in [0.25, 0.3) is 5.84 Å². The van der Waals surface area contributed by atoms with Gasteiger partial charge in [-0.1, -0.05) is 48.0 Å². The maximum atomic E-state index is 11.6. The molecule has 0 rings (SSSR count). The van der Waals surface area contributed by atoms with E-state index in [1.54, 1.807) is 0 Å². The first-order valence-electron chi connectivity index (χ1n) is 10.3. The van der Waals surface area contributed by atoms with Gasteiger partial charge < -0.3 is 42.8 Å². The van der Waals surface area contributed by atoms with Crippen molar-refractivity contribution in [2.24, 2.45) is 11.6 Å². The Balaban J connectivity index is -0.0000000893. The molecule has 0 heterocycles. The summed E-state index contributed by atoms with van der Waals surface area (Å²) < 4.78 is 8.54. The summed E-state index contributed by atoms with van der Waals surface area (Å²) in [5, 5.41) is 20.5. The van der Waals surface area contributed by atoms with Crippen molar-refractivity contribution < 1.29 is 61.9 Å². The van der Waals surface area contributed by atoms with Crippen LogP contribution >= 0.6 is 12.0 Å². The van der Waals surface area contributed by atoms with E-state index >= 15 is 0 Å². The molecule has 2 unspecified atom stereocenters. The second-order valence-electron chi connectivity index (χ2n) is 4.92. The van der Waals surface area contributed by atoms with Gasteiger partial charge >= 0.3 is 0 Å². The van der Waals surface area contributed by atoms with Crippen molar-refractivity contribution in [3.8, 4) is 0 Å². The summed E-state index contributed by atoms with van der Waals surface area (Å²) in [4.78, 5) is 34.2. The van der Waals surface area contributed by atoms with Crippen LogP contribution in [-0.4, -0.2) is 70.5 Å². The average Bonchev–Trinajstić information content (AvgIpc) is 2.80. The Hall–Kier alpha value is -0.176. The maximum Gasteiger partial charge on any atom is 0.239 e. The van der Waals surface area contributed by atoms with E-state index in [1.165, 1.54) is 13.3 Å². The Bertz CT molecular complexity index is 373. The fourth-order valence-electron chi connectivity index (χ4n) is 1.37. The number of amides is 2. The summed E-state index contributed by atoms with van der Waals surface area (Å²) in [6, 6.07) is -1.58. The van der Waals surface area contributed by atoms with E-state index in [-0.39, 0.29) is 57.4 Å². The topological polar surface area (TPSA) is 212 Å². The van der Waals surface area contributed by atoms with Gasteiger partial charge in [0, 0.05) is 52.2 Å². The molecule has 32 heavy (non-hydrogen) atoms. The number of aliphatic hydroxyl groups excluding tert-OH is 2. The van der Waals surface area contributed by atoms with Crippen molar-refractivity contribution in [3.05, 3.63) is 5.84 Å². The van der Waals surface area contributed by atoms with Crippen LogP contribution in [-0.2, 0) is 47.1 Å². The summed E-state index contributed by atoms with van der Waals surface area (Å²) >= 11 is 0.441. The molecular formula is C19H48N5O6SY-. The fourth-order valence-corrected chi connectivity index (χ4v) is 1.68. The smallest absolute Gasteiger partial charge is 0.239 e. The molecular weight excluding hydrogens is 515 g/mol. The molecule has 0 bridgehead atoms. The van der Waals surface area contributed by atoms with E-state index in [9.17, 15) is 14.4 Å². The van der Waals surface area contributed by atoms with Gasteiger partial charge in [-0.05, 0) is 31.8 Å². The van der Waals surface area contributed by atoms with Crippen molar-refractivity contribution in [3.63, 3.8) is 0 Å². The van der Waals surface area contributed by atoms with Gasteiger partial charge in [-0.15, -0.1) is 0 Å². The third kappa shape index (κ3) is 43.7. The van der Waals surface area contributed by atoms with Gasteiger partial charge in [-0.25, -0.2) is 0 Å². The van der Waals surface area contributed by atoms with Crippen LogP contribution in [0.4, 0.5) is 0 Å². The van der Waals surface area contributed by atoms with E-state index < -0.39 is 23.9 Å².